The molecule has 0 saturated heterocycles. The van der Waals surface area contributed by atoms with Crippen LogP contribution in [0, 0.1) is 0 Å². The molecule has 0 amide bonds. The van der Waals surface area contributed by atoms with E-state index in [1.54, 1.807) is 12.1 Å². The second kappa shape index (κ2) is 6.95. The van der Waals surface area contributed by atoms with Gasteiger partial charge in [0.2, 0.25) is 11.9 Å². The molecule has 0 aromatic heterocycles. The fourth-order valence-electron chi connectivity index (χ4n) is 3.55. The molecule has 1 saturated carbocycles. The van der Waals surface area contributed by atoms with Gasteiger partial charge in [-0.25, -0.2) is 4.99 Å². The number of nitrogens with two attached hydrogens (primary N) is 2. The van der Waals surface area contributed by atoms with Crippen molar-refractivity contribution in [2.24, 2.45) is 21.5 Å². The Kier molecular flexibility index (Phi) is 5.06. The number of aliphatic carboxylic acids is 1. The first-order valence-electron chi connectivity index (χ1n) is 8.02. The summed E-state index contributed by atoms with van der Waals surface area (Å²) in [5, 5.41) is 9.02. The van der Waals surface area contributed by atoms with Crippen LogP contribution < -0.4 is 16.4 Å². The SMILES string of the molecule is NC1=NC2(CCCCC2)N(c2c(Br)cc(CC(=O)O)cc2Br)C(N)=N1. The van der Waals surface area contributed by atoms with E-state index in [0.29, 0.717) is 11.5 Å². The van der Waals surface area contributed by atoms with Crippen molar-refractivity contribution in [3.63, 3.8) is 0 Å². The van der Waals surface area contributed by atoms with Gasteiger partial charge in [-0.1, -0.05) is 6.42 Å². The molecule has 0 atom stereocenters. The monoisotopic (exact) mass is 471 g/mol. The molecule has 1 aromatic rings. The molecule has 1 fully saturated rings. The molecule has 0 bridgehead atoms. The summed E-state index contributed by atoms with van der Waals surface area (Å²) in [4.78, 5) is 21.7. The molecule has 3 rings (SSSR count). The average molecular weight is 473 g/mol. The van der Waals surface area contributed by atoms with Gasteiger partial charge in [-0.05, 0) is 75.2 Å². The zero-order chi connectivity index (χ0) is 18.2. The topological polar surface area (TPSA) is 117 Å². The van der Waals surface area contributed by atoms with E-state index in [-0.39, 0.29) is 12.4 Å². The molecule has 9 heteroatoms. The van der Waals surface area contributed by atoms with Crippen molar-refractivity contribution in [1.82, 2.24) is 0 Å². The second-order valence-corrected chi connectivity index (χ2v) is 8.01. The molecule has 1 aliphatic heterocycles. The summed E-state index contributed by atoms with van der Waals surface area (Å²) in [6.45, 7) is 0. The number of carboxylic acid groups (broad SMARTS) is 1. The number of halogens is 2. The highest BCUT2D eigenvalue weighted by Crippen LogP contribution is 2.45. The van der Waals surface area contributed by atoms with Gasteiger partial charge in [-0.3, -0.25) is 9.69 Å². The maximum atomic E-state index is 11.0. The van der Waals surface area contributed by atoms with Gasteiger partial charge in [0.25, 0.3) is 0 Å². The predicted octanol–water partition coefficient (Wildman–Crippen LogP) is 2.95. The Hall–Kier alpha value is -1.61. The Morgan fingerprint density at radius 2 is 1.80 bits per heavy atom. The quantitative estimate of drug-likeness (QED) is 0.625. The van der Waals surface area contributed by atoms with Crippen LogP contribution in [0.3, 0.4) is 0 Å². The lowest BCUT2D eigenvalue weighted by Gasteiger charge is -2.46. The van der Waals surface area contributed by atoms with Crippen molar-refractivity contribution in [2.75, 3.05) is 4.90 Å². The van der Waals surface area contributed by atoms with Crippen LogP contribution in [0.4, 0.5) is 5.69 Å². The molecule has 1 aliphatic carbocycles. The van der Waals surface area contributed by atoms with E-state index in [4.69, 9.17) is 16.6 Å². The summed E-state index contributed by atoms with van der Waals surface area (Å²) in [5.41, 5.74) is 13.1. The number of aliphatic imine (C=N–C) groups is 2. The van der Waals surface area contributed by atoms with Gasteiger partial charge in [0.1, 0.15) is 5.66 Å². The number of hydrogen-bond acceptors (Lipinski definition) is 6. The predicted molar refractivity (Wildman–Crippen MR) is 105 cm³/mol. The van der Waals surface area contributed by atoms with E-state index >= 15 is 0 Å². The molecule has 1 aromatic carbocycles. The highest BCUT2D eigenvalue weighted by Gasteiger charge is 2.43. The van der Waals surface area contributed by atoms with Crippen LogP contribution in [0.5, 0.6) is 0 Å². The Morgan fingerprint density at radius 3 is 2.36 bits per heavy atom. The molecule has 5 N–H and O–H groups in total. The summed E-state index contributed by atoms with van der Waals surface area (Å²) >= 11 is 7.12. The summed E-state index contributed by atoms with van der Waals surface area (Å²) in [6, 6.07) is 3.58. The van der Waals surface area contributed by atoms with E-state index in [9.17, 15) is 4.79 Å². The molecular formula is C16H19Br2N5O2. The number of hydrogen-bond donors (Lipinski definition) is 3. The summed E-state index contributed by atoms with van der Waals surface area (Å²) < 4.78 is 1.47. The molecule has 7 nitrogen and oxygen atoms in total. The second-order valence-electron chi connectivity index (χ2n) is 6.30. The number of carbonyl (C=O) groups is 1. The van der Waals surface area contributed by atoms with E-state index in [0.717, 1.165) is 46.7 Å². The van der Waals surface area contributed by atoms with Gasteiger partial charge in [0.05, 0.1) is 12.1 Å². The minimum Gasteiger partial charge on any atom is -0.481 e. The molecular weight excluding hydrogens is 454 g/mol. The molecule has 25 heavy (non-hydrogen) atoms. The first kappa shape index (κ1) is 18.2. The molecule has 0 radical (unpaired) electrons. The van der Waals surface area contributed by atoms with Crippen LogP contribution in [0.25, 0.3) is 0 Å². The number of nitrogens with zero attached hydrogens (tertiary/aromatic N) is 3. The lowest BCUT2D eigenvalue weighted by Crippen LogP contribution is -2.58. The van der Waals surface area contributed by atoms with Crippen LogP contribution in [0.15, 0.2) is 31.1 Å². The van der Waals surface area contributed by atoms with E-state index in [1.807, 2.05) is 4.90 Å². The lowest BCUT2D eigenvalue weighted by atomic mass is 9.87. The average Bonchev–Trinajstić information content (AvgIpc) is 2.49. The number of carboxylic acids is 1. The Morgan fingerprint density at radius 1 is 1.20 bits per heavy atom. The third-order valence-corrected chi connectivity index (χ3v) is 5.72. The summed E-state index contributed by atoms with van der Waals surface area (Å²) in [5.74, 6) is -0.390. The van der Waals surface area contributed by atoms with E-state index in [2.05, 4.69) is 41.8 Å². The van der Waals surface area contributed by atoms with Crippen molar-refractivity contribution >= 4 is 55.4 Å². The standard InChI is InChI=1S/C16H19Br2N5O2/c17-10-6-9(8-12(24)25)7-11(18)13(10)23-15(20)21-14(19)22-16(23)4-2-1-3-5-16/h6-7H,1-5,8H2,(H,24,25)(H4,19,20,21,22). The minimum atomic E-state index is -0.883. The Balaban J connectivity index is 2.10. The van der Waals surface area contributed by atoms with E-state index in [1.165, 1.54) is 0 Å². The van der Waals surface area contributed by atoms with Gasteiger partial charge in [0, 0.05) is 8.95 Å². The van der Waals surface area contributed by atoms with Crippen LogP contribution >= 0.6 is 31.9 Å². The first-order valence-corrected chi connectivity index (χ1v) is 9.60. The maximum absolute atomic E-state index is 11.0. The molecule has 2 aliphatic rings. The number of guanidine groups is 2. The Labute approximate surface area is 162 Å². The van der Waals surface area contributed by atoms with Crippen molar-refractivity contribution < 1.29 is 9.90 Å². The third-order valence-electron chi connectivity index (χ3n) is 4.51. The maximum Gasteiger partial charge on any atom is 0.307 e. The fraction of sp³-hybridized carbons (Fsp3) is 0.438. The van der Waals surface area contributed by atoms with Gasteiger partial charge in [0.15, 0.2) is 0 Å². The van der Waals surface area contributed by atoms with E-state index < -0.39 is 11.6 Å². The smallest absolute Gasteiger partial charge is 0.307 e. The number of rotatable bonds is 3. The zero-order valence-corrected chi connectivity index (χ0v) is 16.7. The van der Waals surface area contributed by atoms with Gasteiger partial charge < -0.3 is 16.6 Å². The summed E-state index contributed by atoms with van der Waals surface area (Å²) in [7, 11) is 0. The van der Waals surface area contributed by atoms with Crippen molar-refractivity contribution in [3.05, 3.63) is 26.6 Å². The highest BCUT2D eigenvalue weighted by atomic mass is 79.9. The van der Waals surface area contributed by atoms with Crippen LogP contribution in [-0.2, 0) is 11.2 Å². The van der Waals surface area contributed by atoms with Gasteiger partial charge in [-0.15, -0.1) is 0 Å². The Bertz CT molecular complexity index is 749. The first-order chi connectivity index (χ1) is 11.8. The van der Waals surface area contributed by atoms with Crippen LogP contribution in [0.2, 0.25) is 0 Å². The largest absolute Gasteiger partial charge is 0.481 e. The lowest BCUT2D eigenvalue weighted by molar-refractivity contribution is -0.136. The number of anilines is 1. The van der Waals surface area contributed by atoms with Gasteiger partial charge >= 0.3 is 5.97 Å². The third kappa shape index (κ3) is 3.52. The normalized spacial score (nSPS) is 19.5. The molecule has 1 heterocycles. The van der Waals surface area contributed by atoms with Crippen LogP contribution in [0.1, 0.15) is 37.7 Å². The van der Waals surface area contributed by atoms with Crippen LogP contribution in [-0.4, -0.2) is 28.7 Å². The summed E-state index contributed by atoms with van der Waals surface area (Å²) in [6.07, 6.45) is 4.83. The minimum absolute atomic E-state index is 0.0582. The highest BCUT2D eigenvalue weighted by molar-refractivity contribution is 9.11. The van der Waals surface area contributed by atoms with Crippen molar-refractivity contribution in [3.8, 4) is 0 Å². The zero-order valence-electron chi connectivity index (χ0n) is 13.5. The molecule has 134 valence electrons. The molecule has 0 unspecified atom stereocenters. The van der Waals surface area contributed by atoms with Crippen molar-refractivity contribution in [2.45, 2.75) is 44.2 Å². The van der Waals surface area contributed by atoms with Gasteiger partial charge in [-0.2, -0.15) is 4.99 Å². The van der Waals surface area contributed by atoms with Crippen molar-refractivity contribution in [1.29, 1.82) is 0 Å². The molecule has 1 spiro atoms. The number of benzene rings is 1. The fourth-order valence-corrected chi connectivity index (χ4v) is 5.19.